The fourth-order valence-corrected chi connectivity index (χ4v) is 1.50. The lowest BCUT2D eigenvalue weighted by molar-refractivity contribution is 0.193. The van der Waals surface area contributed by atoms with E-state index in [0.717, 1.165) is 0 Å². The van der Waals surface area contributed by atoms with Crippen LogP contribution in [0, 0.1) is 0 Å². The highest BCUT2D eigenvalue weighted by atomic mass is 16.3. The Kier molecular flexibility index (Phi) is 2.18. The number of hydrogen-bond acceptors (Lipinski definition) is 7. The number of anilines is 2. The van der Waals surface area contributed by atoms with Crippen LogP contribution in [-0.4, -0.2) is 32.7 Å². The molecule has 7 nitrogen and oxygen atoms in total. The average molecular weight is 196 g/mol. The van der Waals surface area contributed by atoms with Crippen LogP contribution in [0.4, 0.5) is 11.9 Å². The highest BCUT2D eigenvalue weighted by Crippen LogP contribution is 2.20. The second-order valence-electron chi connectivity index (χ2n) is 3.26. The molecule has 0 aliphatic carbocycles. The van der Waals surface area contributed by atoms with E-state index in [1.54, 1.807) is 0 Å². The van der Waals surface area contributed by atoms with Gasteiger partial charge in [-0.15, -0.1) is 0 Å². The molecule has 1 aromatic heterocycles. The predicted molar refractivity (Wildman–Crippen MR) is 50.0 cm³/mol. The van der Waals surface area contributed by atoms with Crippen molar-refractivity contribution < 1.29 is 5.11 Å². The van der Waals surface area contributed by atoms with E-state index in [4.69, 9.17) is 11.5 Å². The van der Waals surface area contributed by atoms with Gasteiger partial charge in [-0.3, -0.25) is 0 Å². The molecule has 7 heteroatoms. The highest BCUT2D eigenvalue weighted by Gasteiger charge is 2.26. The molecule has 1 aliphatic heterocycles. The summed E-state index contributed by atoms with van der Waals surface area (Å²) in [6, 6.07) is -0.0856. The summed E-state index contributed by atoms with van der Waals surface area (Å²) in [7, 11) is 0. The zero-order valence-electron chi connectivity index (χ0n) is 7.51. The van der Waals surface area contributed by atoms with Gasteiger partial charge in [-0.2, -0.15) is 15.0 Å². The molecule has 1 aromatic rings. The van der Waals surface area contributed by atoms with Gasteiger partial charge < -0.3 is 21.9 Å². The first-order chi connectivity index (χ1) is 6.65. The number of hydrogen-bond donors (Lipinski definition) is 4. The summed E-state index contributed by atoms with van der Waals surface area (Å²) in [5.74, 6) is 0.706. The number of nitrogens with zero attached hydrogens (tertiary/aromatic N) is 3. The minimum atomic E-state index is -0.362. The maximum Gasteiger partial charge on any atom is 0.225 e. The van der Waals surface area contributed by atoms with E-state index < -0.39 is 0 Å². The summed E-state index contributed by atoms with van der Waals surface area (Å²) in [5, 5.41) is 12.4. The van der Waals surface area contributed by atoms with Gasteiger partial charge in [0.25, 0.3) is 0 Å². The van der Waals surface area contributed by atoms with Gasteiger partial charge in [-0.05, 0) is 6.42 Å². The molecule has 2 heterocycles. The molecule has 0 radical (unpaired) electrons. The molecule has 1 aliphatic rings. The minimum Gasteiger partial charge on any atom is -0.392 e. The van der Waals surface area contributed by atoms with E-state index in [2.05, 4.69) is 20.3 Å². The number of nitrogen functional groups attached to an aromatic ring is 2. The van der Waals surface area contributed by atoms with Crippen molar-refractivity contribution in [2.75, 3.05) is 18.0 Å². The third kappa shape index (κ3) is 1.73. The molecule has 0 unspecified atom stereocenters. The number of rotatable bonds is 1. The lowest BCUT2D eigenvalue weighted by Crippen LogP contribution is -2.18. The number of aromatic nitrogens is 3. The van der Waals surface area contributed by atoms with Gasteiger partial charge in [-0.1, -0.05) is 0 Å². The van der Waals surface area contributed by atoms with Gasteiger partial charge in [0, 0.05) is 6.54 Å². The molecule has 2 atom stereocenters. The average Bonchev–Trinajstić information content (AvgIpc) is 2.50. The standard InChI is InChI=1S/C7H12N6O/c8-6-11-5(12-7(9)13-6)4-1-3(14)2-10-4/h3-4,10,14H,1-2H2,(H4,8,9,11,12,13)/t3-,4-/m1/s1. The predicted octanol–water partition coefficient (Wildman–Crippen LogP) is -1.57. The van der Waals surface area contributed by atoms with Gasteiger partial charge in [0.2, 0.25) is 11.9 Å². The molecule has 14 heavy (non-hydrogen) atoms. The van der Waals surface area contributed by atoms with Crippen molar-refractivity contribution >= 4 is 11.9 Å². The summed E-state index contributed by atoms with van der Waals surface area (Å²) < 4.78 is 0. The number of aliphatic hydroxyl groups is 1. The van der Waals surface area contributed by atoms with Gasteiger partial charge >= 0.3 is 0 Å². The third-order valence-electron chi connectivity index (χ3n) is 2.11. The molecule has 6 N–H and O–H groups in total. The van der Waals surface area contributed by atoms with Gasteiger partial charge in [-0.25, -0.2) is 0 Å². The number of nitrogens with two attached hydrogens (primary N) is 2. The topological polar surface area (TPSA) is 123 Å². The Bertz CT molecular complexity index is 323. The molecule has 76 valence electrons. The zero-order chi connectivity index (χ0) is 10.1. The Hall–Kier alpha value is -1.47. The van der Waals surface area contributed by atoms with Gasteiger partial charge in [0.15, 0.2) is 5.82 Å². The van der Waals surface area contributed by atoms with Crippen molar-refractivity contribution in [2.24, 2.45) is 0 Å². The highest BCUT2D eigenvalue weighted by molar-refractivity contribution is 5.27. The van der Waals surface area contributed by atoms with Crippen molar-refractivity contribution in [3.8, 4) is 0 Å². The Balaban J connectivity index is 2.23. The zero-order valence-corrected chi connectivity index (χ0v) is 7.51. The van der Waals surface area contributed by atoms with Crippen molar-refractivity contribution in [1.82, 2.24) is 20.3 Å². The summed E-state index contributed by atoms with van der Waals surface area (Å²) in [6.45, 7) is 0.538. The van der Waals surface area contributed by atoms with Crippen LogP contribution in [0.2, 0.25) is 0 Å². The smallest absolute Gasteiger partial charge is 0.225 e. The van der Waals surface area contributed by atoms with Crippen LogP contribution in [0.15, 0.2) is 0 Å². The molecule has 0 saturated carbocycles. The summed E-state index contributed by atoms with van der Waals surface area (Å²) in [5.41, 5.74) is 10.9. The van der Waals surface area contributed by atoms with Crippen LogP contribution in [0.1, 0.15) is 18.3 Å². The molecular weight excluding hydrogens is 184 g/mol. The molecule has 1 fully saturated rings. The first-order valence-corrected chi connectivity index (χ1v) is 4.33. The largest absolute Gasteiger partial charge is 0.392 e. The van der Waals surface area contributed by atoms with Crippen molar-refractivity contribution in [1.29, 1.82) is 0 Å². The Labute approximate surface area is 80.6 Å². The lowest BCUT2D eigenvalue weighted by atomic mass is 10.2. The fraction of sp³-hybridized carbons (Fsp3) is 0.571. The van der Waals surface area contributed by atoms with E-state index in [0.29, 0.717) is 18.8 Å². The number of aliphatic hydroxyl groups excluding tert-OH is 1. The minimum absolute atomic E-state index is 0.0856. The quantitative estimate of drug-likeness (QED) is 0.428. The molecule has 0 amide bonds. The van der Waals surface area contributed by atoms with Crippen LogP contribution >= 0.6 is 0 Å². The van der Waals surface area contributed by atoms with Crippen LogP contribution < -0.4 is 16.8 Å². The van der Waals surface area contributed by atoms with Gasteiger partial charge in [0.05, 0.1) is 12.1 Å². The van der Waals surface area contributed by atoms with E-state index >= 15 is 0 Å². The van der Waals surface area contributed by atoms with Crippen LogP contribution in [0.25, 0.3) is 0 Å². The van der Waals surface area contributed by atoms with E-state index in [1.165, 1.54) is 0 Å². The Morgan fingerprint density at radius 3 is 2.36 bits per heavy atom. The Morgan fingerprint density at radius 2 is 1.86 bits per heavy atom. The van der Waals surface area contributed by atoms with Crippen LogP contribution in [0.5, 0.6) is 0 Å². The first kappa shape index (κ1) is 9.10. The molecule has 1 saturated heterocycles. The molecular formula is C7H12N6O. The second-order valence-corrected chi connectivity index (χ2v) is 3.26. The van der Waals surface area contributed by atoms with Crippen molar-refractivity contribution in [3.63, 3.8) is 0 Å². The van der Waals surface area contributed by atoms with Crippen molar-refractivity contribution in [3.05, 3.63) is 5.82 Å². The molecule has 0 spiro atoms. The third-order valence-corrected chi connectivity index (χ3v) is 2.11. The first-order valence-electron chi connectivity index (χ1n) is 4.33. The molecule has 2 rings (SSSR count). The monoisotopic (exact) mass is 196 g/mol. The fourth-order valence-electron chi connectivity index (χ4n) is 1.50. The van der Waals surface area contributed by atoms with Crippen LogP contribution in [-0.2, 0) is 0 Å². The summed E-state index contributed by atoms with van der Waals surface area (Å²) in [4.78, 5) is 11.6. The summed E-state index contributed by atoms with van der Waals surface area (Å²) in [6.07, 6.45) is 0.210. The van der Waals surface area contributed by atoms with E-state index in [9.17, 15) is 5.11 Å². The number of β-amino-alcohol motifs (C(OH)–C–C–N with tert-alkyl or cyclic N) is 1. The van der Waals surface area contributed by atoms with Crippen molar-refractivity contribution in [2.45, 2.75) is 18.6 Å². The van der Waals surface area contributed by atoms with E-state index in [1.807, 2.05) is 0 Å². The molecule has 0 aromatic carbocycles. The SMILES string of the molecule is Nc1nc(N)nc([C@H]2C[C@@H](O)CN2)n1. The second kappa shape index (κ2) is 3.35. The normalized spacial score (nSPS) is 26.6. The van der Waals surface area contributed by atoms with Gasteiger partial charge in [0.1, 0.15) is 0 Å². The van der Waals surface area contributed by atoms with E-state index in [-0.39, 0.29) is 24.0 Å². The maximum atomic E-state index is 9.30. The summed E-state index contributed by atoms with van der Waals surface area (Å²) >= 11 is 0. The lowest BCUT2D eigenvalue weighted by Gasteiger charge is -2.08. The number of nitrogens with one attached hydrogen (secondary N) is 1. The maximum absolute atomic E-state index is 9.30. The van der Waals surface area contributed by atoms with Crippen LogP contribution in [0.3, 0.4) is 0 Å². The molecule has 0 bridgehead atoms. The Morgan fingerprint density at radius 1 is 1.21 bits per heavy atom.